The molecule has 2 aliphatic rings. The van der Waals surface area contributed by atoms with Gasteiger partial charge in [-0.1, -0.05) is 0 Å². The topological polar surface area (TPSA) is 12.0 Å². The minimum absolute atomic E-state index is 0.334. The van der Waals surface area contributed by atoms with E-state index in [2.05, 4.69) is 5.32 Å². The fourth-order valence-electron chi connectivity index (χ4n) is 2.31. The van der Waals surface area contributed by atoms with Crippen LogP contribution in [0.3, 0.4) is 0 Å². The van der Waals surface area contributed by atoms with Gasteiger partial charge in [-0.2, -0.15) is 13.2 Å². The van der Waals surface area contributed by atoms with Gasteiger partial charge >= 0.3 is 6.18 Å². The molecular weight excluding hydrogens is 203 g/mol. The van der Waals surface area contributed by atoms with Crippen molar-refractivity contribution >= 4 is 0 Å². The van der Waals surface area contributed by atoms with Gasteiger partial charge in [0.2, 0.25) is 0 Å². The average molecular weight is 221 g/mol. The van der Waals surface area contributed by atoms with Gasteiger partial charge in [0.25, 0.3) is 0 Å². The first-order chi connectivity index (χ1) is 7.05. The SMILES string of the molecule is FC(F)(F)[C@H]1CC[C@H](CNC2CC2)CC1. The van der Waals surface area contributed by atoms with Crippen molar-refractivity contribution < 1.29 is 13.2 Å². The van der Waals surface area contributed by atoms with Crippen LogP contribution in [0.25, 0.3) is 0 Å². The Morgan fingerprint density at radius 2 is 1.53 bits per heavy atom. The quantitative estimate of drug-likeness (QED) is 0.772. The maximum absolute atomic E-state index is 12.4. The van der Waals surface area contributed by atoms with Crippen LogP contribution in [0.2, 0.25) is 0 Å². The fraction of sp³-hybridized carbons (Fsp3) is 1.00. The molecule has 0 unspecified atom stereocenters. The van der Waals surface area contributed by atoms with E-state index < -0.39 is 12.1 Å². The summed E-state index contributed by atoms with van der Waals surface area (Å²) in [4.78, 5) is 0. The Bertz CT molecular complexity index is 202. The third-order valence-corrected chi connectivity index (χ3v) is 3.58. The molecule has 1 N–H and O–H groups in total. The zero-order valence-electron chi connectivity index (χ0n) is 8.82. The van der Waals surface area contributed by atoms with Crippen molar-refractivity contribution in [3.63, 3.8) is 0 Å². The minimum Gasteiger partial charge on any atom is -0.314 e. The van der Waals surface area contributed by atoms with Crippen LogP contribution >= 0.6 is 0 Å². The van der Waals surface area contributed by atoms with E-state index in [1.165, 1.54) is 12.8 Å². The highest BCUT2D eigenvalue weighted by Crippen LogP contribution is 2.39. The van der Waals surface area contributed by atoms with Crippen molar-refractivity contribution in [2.24, 2.45) is 11.8 Å². The van der Waals surface area contributed by atoms with E-state index >= 15 is 0 Å². The highest BCUT2D eigenvalue weighted by molar-refractivity contribution is 4.84. The monoisotopic (exact) mass is 221 g/mol. The lowest BCUT2D eigenvalue weighted by Crippen LogP contribution is -2.32. The molecule has 2 saturated carbocycles. The molecule has 1 nitrogen and oxygen atoms in total. The number of halogens is 3. The van der Waals surface area contributed by atoms with Crippen LogP contribution in [0, 0.1) is 11.8 Å². The second-order valence-corrected chi connectivity index (χ2v) is 4.94. The van der Waals surface area contributed by atoms with Gasteiger partial charge in [-0.25, -0.2) is 0 Å². The predicted molar refractivity (Wildman–Crippen MR) is 52.5 cm³/mol. The lowest BCUT2D eigenvalue weighted by atomic mass is 9.81. The molecule has 2 rings (SSSR count). The number of rotatable bonds is 3. The van der Waals surface area contributed by atoms with E-state index in [1.807, 2.05) is 0 Å². The lowest BCUT2D eigenvalue weighted by Gasteiger charge is -2.29. The summed E-state index contributed by atoms with van der Waals surface area (Å²) in [5, 5.41) is 3.40. The summed E-state index contributed by atoms with van der Waals surface area (Å²) in [6.45, 7) is 0.926. The fourth-order valence-corrected chi connectivity index (χ4v) is 2.31. The van der Waals surface area contributed by atoms with Crippen LogP contribution in [0.1, 0.15) is 38.5 Å². The van der Waals surface area contributed by atoms with E-state index in [1.54, 1.807) is 0 Å². The molecule has 0 heterocycles. The van der Waals surface area contributed by atoms with E-state index in [4.69, 9.17) is 0 Å². The second kappa shape index (κ2) is 4.32. The van der Waals surface area contributed by atoms with E-state index in [0.29, 0.717) is 24.8 Å². The Morgan fingerprint density at radius 1 is 0.933 bits per heavy atom. The number of hydrogen-bond donors (Lipinski definition) is 1. The van der Waals surface area contributed by atoms with E-state index in [-0.39, 0.29) is 0 Å². The zero-order chi connectivity index (χ0) is 10.9. The van der Waals surface area contributed by atoms with Crippen LogP contribution in [-0.2, 0) is 0 Å². The summed E-state index contributed by atoms with van der Waals surface area (Å²) in [5.74, 6) is -0.557. The maximum Gasteiger partial charge on any atom is 0.391 e. The van der Waals surface area contributed by atoms with Crippen LogP contribution in [0.15, 0.2) is 0 Å². The number of hydrogen-bond acceptors (Lipinski definition) is 1. The Labute approximate surface area is 88.4 Å². The highest BCUT2D eigenvalue weighted by Gasteiger charge is 2.41. The van der Waals surface area contributed by atoms with Crippen molar-refractivity contribution in [2.45, 2.75) is 50.7 Å². The van der Waals surface area contributed by atoms with Crippen molar-refractivity contribution in [3.05, 3.63) is 0 Å². The molecule has 0 aromatic heterocycles. The van der Waals surface area contributed by atoms with Gasteiger partial charge in [-0.15, -0.1) is 0 Å². The van der Waals surface area contributed by atoms with E-state index in [9.17, 15) is 13.2 Å². The minimum atomic E-state index is -3.96. The molecule has 0 bridgehead atoms. The molecule has 4 heteroatoms. The third-order valence-electron chi connectivity index (χ3n) is 3.58. The van der Waals surface area contributed by atoms with Crippen LogP contribution in [-0.4, -0.2) is 18.8 Å². The summed E-state index contributed by atoms with van der Waals surface area (Å²) in [6, 6.07) is 0.672. The molecule has 2 aliphatic carbocycles. The summed E-state index contributed by atoms with van der Waals surface area (Å²) in [5.41, 5.74) is 0. The number of alkyl halides is 3. The molecule has 0 aromatic rings. The van der Waals surface area contributed by atoms with Crippen LogP contribution in [0.4, 0.5) is 13.2 Å². The first-order valence-corrected chi connectivity index (χ1v) is 5.86. The molecule has 15 heavy (non-hydrogen) atoms. The Kier molecular flexibility index (Phi) is 3.24. The van der Waals surface area contributed by atoms with E-state index in [0.717, 1.165) is 19.4 Å². The first-order valence-electron chi connectivity index (χ1n) is 5.86. The molecule has 0 saturated heterocycles. The van der Waals surface area contributed by atoms with Crippen molar-refractivity contribution in [3.8, 4) is 0 Å². The largest absolute Gasteiger partial charge is 0.391 e. The Balaban J connectivity index is 1.67. The summed E-state index contributed by atoms with van der Waals surface area (Å²) < 4.78 is 37.1. The van der Waals surface area contributed by atoms with Gasteiger partial charge < -0.3 is 5.32 Å². The smallest absolute Gasteiger partial charge is 0.314 e. The molecule has 0 atom stereocenters. The summed E-state index contributed by atoms with van der Waals surface area (Å²) >= 11 is 0. The Hall–Kier alpha value is -0.250. The number of nitrogens with one attached hydrogen (secondary N) is 1. The van der Waals surface area contributed by atoms with Crippen molar-refractivity contribution in [1.82, 2.24) is 5.32 Å². The molecular formula is C11H18F3N. The molecule has 88 valence electrons. The third kappa shape index (κ3) is 3.37. The standard InChI is InChI=1S/C11H18F3N/c12-11(13,14)9-3-1-8(2-4-9)7-15-10-5-6-10/h8-10,15H,1-7H2/t8-,9-. The molecule has 0 radical (unpaired) electrons. The molecule has 0 spiro atoms. The van der Waals surface area contributed by atoms with Gasteiger partial charge in [0.1, 0.15) is 0 Å². The first kappa shape index (κ1) is 11.2. The van der Waals surface area contributed by atoms with Gasteiger partial charge in [0.05, 0.1) is 5.92 Å². The van der Waals surface area contributed by atoms with Gasteiger partial charge in [0.15, 0.2) is 0 Å². The van der Waals surface area contributed by atoms with Gasteiger partial charge in [-0.05, 0) is 51.0 Å². The van der Waals surface area contributed by atoms with Crippen LogP contribution in [0.5, 0.6) is 0 Å². The lowest BCUT2D eigenvalue weighted by molar-refractivity contribution is -0.183. The highest BCUT2D eigenvalue weighted by atomic mass is 19.4. The predicted octanol–water partition coefficient (Wildman–Crippen LogP) is 3.11. The molecule has 0 aliphatic heterocycles. The maximum atomic E-state index is 12.4. The normalized spacial score (nSPS) is 33.0. The van der Waals surface area contributed by atoms with Gasteiger partial charge in [0, 0.05) is 6.04 Å². The van der Waals surface area contributed by atoms with Crippen LogP contribution < -0.4 is 5.32 Å². The zero-order valence-corrected chi connectivity index (χ0v) is 8.82. The Morgan fingerprint density at radius 3 is 2.00 bits per heavy atom. The van der Waals surface area contributed by atoms with Crippen molar-refractivity contribution in [1.29, 1.82) is 0 Å². The second-order valence-electron chi connectivity index (χ2n) is 4.94. The van der Waals surface area contributed by atoms with Gasteiger partial charge in [-0.3, -0.25) is 0 Å². The summed E-state index contributed by atoms with van der Waals surface area (Å²) in [7, 11) is 0. The average Bonchev–Trinajstić information content (AvgIpc) is 2.97. The van der Waals surface area contributed by atoms with Crippen molar-refractivity contribution in [2.75, 3.05) is 6.54 Å². The molecule has 0 amide bonds. The molecule has 2 fully saturated rings. The molecule has 0 aromatic carbocycles. The summed E-state index contributed by atoms with van der Waals surface area (Å²) in [6.07, 6.45) is 0.680.